The Balaban J connectivity index is 1.49. The van der Waals surface area contributed by atoms with Gasteiger partial charge in [-0.15, -0.1) is 11.3 Å². The molecule has 2 aromatic rings. The van der Waals surface area contributed by atoms with Gasteiger partial charge in [-0.25, -0.2) is 0 Å². The molecule has 2 aliphatic heterocycles. The topological polar surface area (TPSA) is 76.8 Å². The van der Waals surface area contributed by atoms with Gasteiger partial charge in [0.2, 0.25) is 5.91 Å². The molecule has 1 amide bonds. The zero-order valence-corrected chi connectivity index (χ0v) is 15.0. The highest BCUT2D eigenvalue weighted by Gasteiger charge is 2.40. The number of nitrogens with zero attached hydrogens (tertiary/aromatic N) is 3. The first kappa shape index (κ1) is 17.0. The second-order valence-corrected chi connectivity index (χ2v) is 7.39. The third-order valence-corrected chi connectivity index (χ3v) is 5.90. The summed E-state index contributed by atoms with van der Waals surface area (Å²) in [4.78, 5) is 16.9. The van der Waals surface area contributed by atoms with Gasteiger partial charge in [-0.1, -0.05) is 12.1 Å². The van der Waals surface area contributed by atoms with Crippen LogP contribution in [-0.4, -0.2) is 48.2 Å². The summed E-state index contributed by atoms with van der Waals surface area (Å²) in [6, 6.07) is 10.8. The third-order valence-electron chi connectivity index (χ3n) is 4.97. The Bertz CT molecular complexity index is 860. The van der Waals surface area contributed by atoms with E-state index in [1.165, 1.54) is 11.3 Å². The maximum atomic E-state index is 13.0. The van der Waals surface area contributed by atoms with Crippen LogP contribution in [0.1, 0.15) is 23.7 Å². The summed E-state index contributed by atoms with van der Waals surface area (Å²) < 4.78 is 5.86. The predicted octanol–water partition coefficient (Wildman–Crippen LogP) is 2.50. The van der Waals surface area contributed by atoms with Gasteiger partial charge in [0, 0.05) is 19.6 Å². The number of carbonyl (C=O) groups excluding carboxylic acids is 1. The van der Waals surface area contributed by atoms with E-state index in [0.717, 1.165) is 17.0 Å². The third kappa shape index (κ3) is 3.07. The molecule has 26 heavy (non-hydrogen) atoms. The fourth-order valence-corrected chi connectivity index (χ4v) is 4.56. The summed E-state index contributed by atoms with van der Waals surface area (Å²) in [6.45, 7) is 2.50. The number of hydrogen-bond acceptors (Lipinski definition) is 6. The van der Waals surface area contributed by atoms with Crippen LogP contribution in [0.5, 0.6) is 5.75 Å². The number of ether oxygens (including phenoxy) is 1. The molecule has 0 radical (unpaired) electrons. The van der Waals surface area contributed by atoms with E-state index < -0.39 is 0 Å². The average molecular weight is 369 g/mol. The van der Waals surface area contributed by atoms with Gasteiger partial charge in [0.25, 0.3) is 0 Å². The van der Waals surface area contributed by atoms with E-state index >= 15 is 0 Å². The van der Waals surface area contributed by atoms with E-state index in [-0.39, 0.29) is 23.8 Å². The van der Waals surface area contributed by atoms with Crippen LogP contribution in [0.25, 0.3) is 0 Å². The van der Waals surface area contributed by atoms with Crippen LogP contribution in [-0.2, 0) is 9.53 Å². The average Bonchev–Trinajstić information content (AvgIpc) is 3.27. The highest BCUT2D eigenvalue weighted by Crippen LogP contribution is 2.33. The number of nitriles is 1. The normalized spacial score (nSPS) is 24.0. The van der Waals surface area contributed by atoms with Crippen molar-refractivity contribution in [3.05, 3.63) is 46.8 Å². The van der Waals surface area contributed by atoms with Crippen molar-refractivity contribution in [2.45, 2.75) is 18.6 Å². The molecule has 1 N–H and O–H groups in total. The van der Waals surface area contributed by atoms with Crippen molar-refractivity contribution in [2.24, 2.45) is 0 Å². The number of morpholine rings is 1. The van der Waals surface area contributed by atoms with Gasteiger partial charge >= 0.3 is 0 Å². The maximum absolute atomic E-state index is 13.0. The lowest BCUT2D eigenvalue weighted by molar-refractivity contribution is -0.125. The Labute approximate surface area is 155 Å². The van der Waals surface area contributed by atoms with Crippen LogP contribution < -0.4 is 4.90 Å². The van der Waals surface area contributed by atoms with E-state index in [2.05, 4.69) is 11.0 Å². The summed E-state index contributed by atoms with van der Waals surface area (Å²) >= 11 is 1.43. The Hall–Kier alpha value is -2.40. The minimum atomic E-state index is -0.188. The summed E-state index contributed by atoms with van der Waals surface area (Å²) in [5.74, 6) is 0.272. The number of benzene rings is 1. The summed E-state index contributed by atoms with van der Waals surface area (Å²) in [5.41, 5.74) is 1.48. The molecular weight excluding hydrogens is 350 g/mol. The minimum absolute atomic E-state index is 0.0560. The molecule has 0 spiro atoms. The van der Waals surface area contributed by atoms with Crippen molar-refractivity contribution in [3.8, 4) is 11.8 Å². The van der Waals surface area contributed by atoms with Gasteiger partial charge in [-0.05, 0) is 35.6 Å². The first-order valence-electron chi connectivity index (χ1n) is 8.61. The fraction of sp³-hybridized carbons (Fsp3) is 0.368. The van der Waals surface area contributed by atoms with Crippen LogP contribution in [0.15, 0.2) is 35.7 Å². The van der Waals surface area contributed by atoms with Gasteiger partial charge in [0.1, 0.15) is 16.8 Å². The number of aromatic hydroxyl groups is 1. The Morgan fingerprint density at radius 1 is 1.31 bits per heavy atom. The van der Waals surface area contributed by atoms with Gasteiger partial charge in [0.05, 0.1) is 24.3 Å². The lowest BCUT2D eigenvalue weighted by atomic mass is 10.1. The molecule has 2 unspecified atom stereocenters. The van der Waals surface area contributed by atoms with Gasteiger partial charge < -0.3 is 14.7 Å². The molecule has 134 valence electrons. The van der Waals surface area contributed by atoms with Crippen LogP contribution in [0, 0.1) is 11.3 Å². The van der Waals surface area contributed by atoms with Crippen LogP contribution in [0.2, 0.25) is 0 Å². The molecule has 3 heterocycles. The highest BCUT2D eigenvalue weighted by atomic mass is 32.1. The Kier molecular flexibility index (Phi) is 4.64. The standard InChI is InChI=1S/C19H19N3O3S/c20-11-14-5-9-26-19(14)22-6-4-16(18(22)24)21-7-8-25-17(12-21)13-2-1-3-15(23)10-13/h1-3,5,9-10,16-17,23H,4,6-8,12H2. The van der Waals surface area contributed by atoms with Crippen molar-refractivity contribution in [1.29, 1.82) is 5.26 Å². The summed E-state index contributed by atoms with van der Waals surface area (Å²) in [7, 11) is 0. The molecule has 6 nitrogen and oxygen atoms in total. The number of phenols is 1. The highest BCUT2D eigenvalue weighted by molar-refractivity contribution is 7.14. The number of hydrogen-bond donors (Lipinski definition) is 1. The molecule has 0 saturated carbocycles. The number of rotatable bonds is 3. The zero-order chi connectivity index (χ0) is 18.1. The van der Waals surface area contributed by atoms with E-state index in [1.54, 1.807) is 29.2 Å². The lowest BCUT2D eigenvalue weighted by Crippen LogP contribution is -2.48. The van der Waals surface area contributed by atoms with Gasteiger partial charge in [-0.3, -0.25) is 9.69 Å². The molecule has 1 aromatic carbocycles. The lowest BCUT2D eigenvalue weighted by Gasteiger charge is -2.36. The minimum Gasteiger partial charge on any atom is -0.508 e. The first-order valence-corrected chi connectivity index (χ1v) is 9.49. The molecule has 1 aromatic heterocycles. The summed E-state index contributed by atoms with van der Waals surface area (Å²) in [6.07, 6.45) is 0.586. The maximum Gasteiger partial charge on any atom is 0.245 e. The monoisotopic (exact) mass is 369 g/mol. The molecule has 0 aliphatic carbocycles. The predicted molar refractivity (Wildman–Crippen MR) is 98.2 cm³/mol. The molecule has 2 atom stereocenters. The quantitative estimate of drug-likeness (QED) is 0.900. The molecule has 2 saturated heterocycles. The van der Waals surface area contributed by atoms with Crippen molar-refractivity contribution >= 4 is 22.2 Å². The molecular formula is C19H19N3O3S. The van der Waals surface area contributed by atoms with Gasteiger partial charge in [0.15, 0.2) is 0 Å². The molecule has 0 bridgehead atoms. The number of anilines is 1. The first-order chi connectivity index (χ1) is 12.7. The Morgan fingerprint density at radius 2 is 2.19 bits per heavy atom. The SMILES string of the molecule is N#Cc1ccsc1N1CCC(N2CCOC(c3cccc(O)c3)C2)C1=O. The largest absolute Gasteiger partial charge is 0.508 e. The van der Waals surface area contributed by atoms with E-state index in [4.69, 9.17) is 4.74 Å². The van der Waals surface area contributed by atoms with Crippen molar-refractivity contribution in [1.82, 2.24) is 4.90 Å². The summed E-state index contributed by atoms with van der Waals surface area (Å²) in [5, 5.41) is 21.5. The molecule has 2 aliphatic rings. The zero-order valence-electron chi connectivity index (χ0n) is 14.2. The number of thiophene rings is 1. The second kappa shape index (κ2) is 7.08. The van der Waals surface area contributed by atoms with Crippen molar-refractivity contribution < 1.29 is 14.6 Å². The number of carbonyl (C=O) groups is 1. The number of amides is 1. The Morgan fingerprint density at radius 3 is 3.00 bits per heavy atom. The molecule has 2 fully saturated rings. The second-order valence-electron chi connectivity index (χ2n) is 6.49. The fourth-order valence-electron chi connectivity index (χ4n) is 3.68. The van der Waals surface area contributed by atoms with Gasteiger partial charge in [-0.2, -0.15) is 5.26 Å². The van der Waals surface area contributed by atoms with Crippen LogP contribution in [0.3, 0.4) is 0 Å². The van der Waals surface area contributed by atoms with Crippen LogP contribution >= 0.6 is 11.3 Å². The van der Waals surface area contributed by atoms with E-state index in [1.807, 2.05) is 11.4 Å². The van der Waals surface area contributed by atoms with E-state index in [9.17, 15) is 15.2 Å². The van der Waals surface area contributed by atoms with E-state index in [0.29, 0.717) is 31.8 Å². The molecule has 4 rings (SSSR count). The smallest absolute Gasteiger partial charge is 0.245 e. The van der Waals surface area contributed by atoms with Crippen molar-refractivity contribution in [3.63, 3.8) is 0 Å². The van der Waals surface area contributed by atoms with Crippen LogP contribution in [0.4, 0.5) is 5.00 Å². The molecule has 7 heteroatoms. The number of phenolic OH excluding ortho intramolecular Hbond substituents is 1. The van der Waals surface area contributed by atoms with Crippen molar-refractivity contribution in [2.75, 3.05) is 31.1 Å².